The lowest BCUT2D eigenvalue weighted by Gasteiger charge is -2.23. The number of benzene rings is 1. The molecule has 0 spiro atoms. The second-order valence-electron chi connectivity index (χ2n) is 5.86. The predicted molar refractivity (Wildman–Crippen MR) is 87.2 cm³/mol. The molecule has 1 amide bonds. The summed E-state index contributed by atoms with van der Waals surface area (Å²) in [4.78, 5) is 26.7. The summed E-state index contributed by atoms with van der Waals surface area (Å²) in [5, 5.41) is 5.50. The number of hydrogen-bond acceptors (Lipinski definition) is 4. The van der Waals surface area contributed by atoms with Crippen molar-refractivity contribution >= 4 is 16.7 Å². The zero-order chi connectivity index (χ0) is 16.2. The first kappa shape index (κ1) is 15.7. The van der Waals surface area contributed by atoms with Crippen molar-refractivity contribution in [3.63, 3.8) is 0 Å². The molecule has 0 saturated carbocycles. The number of carbonyl (C=O) groups excluding carboxylic acids is 1. The third kappa shape index (κ3) is 3.42. The van der Waals surface area contributed by atoms with E-state index in [0.29, 0.717) is 31.0 Å². The van der Waals surface area contributed by atoms with E-state index < -0.39 is 0 Å². The van der Waals surface area contributed by atoms with E-state index in [2.05, 4.69) is 5.10 Å². The first-order chi connectivity index (χ1) is 11.2. The van der Waals surface area contributed by atoms with Gasteiger partial charge in [0.05, 0.1) is 18.2 Å². The van der Waals surface area contributed by atoms with Gasteiger partial charge in [-0.1, -0.05) is 18.2 Å². The van der Waals surface area contributed by atoms with Crippen LogP contribution in [-0.2, 0) is 16.1 Å². The number of fused-ring (bicyclic) bond motifs is 1. The second kappa shape index (κ2) is 6.91. The highest BCUT2D eigenvalue weighted by Gasteiger charge is 2.22. The second-order valence-corrected chi connectivity index (χ2v) is 5.86. The minimum absolute atomic E-state index is 0.0227. The Hall–Kier alpha value is -2.21. The third-order valence-electron chi connectivity index (χ3n) is 4.28. The maximum Gasteiger partial charge on any atom is 0.275 e. The number of likely N-dealkylation sites (N-methyl/N-ethyl adjacent to an activating group) is 1. The number of ether oxygens (including phenoxy) is 1. The number of carbonyl (C=O) groups is 1. The van der Waals surface area contributed by atoms with Gasteiger partial charge in [0.15, 0.2) is 0 Å². The fraction of sp³-hybridized carbons (Fsp3) is 0.471. The Morgan fingerprint density at radius 3 is 3.00 bits per heavy atom. The van der Waals surface area contributed by atoms with E-state index in [9.17, 15) is 9.59 Å². The van der Waals surface area contributed by atoms with Crippen LogP contribution in [0.15, 0.2) is 35.3 Å². The Bertz CT molecular complexity index is 750. The highest BCUT2D eigenvalue weighted by Crippen LogP contribution is 2.14. The van der Waals surface area contributed by atoms with Crippen LogP contribution in [-0.4, -0.2) is 46.9 Å². The summed E-state index contributed by atoms with van der Waals surface area (Å²) in [5.74, 6) is 0.310. The number of amides is 1. The van der Waals surface area contributed by atoms with Gasteiger partial charge >= 0.3 is 0 Å². The Morgan fingerprint density at radius 1 is 1.43 bits per heavy atom. The quantitative estimate of drug-likeness (QED) is 0.834. The zero-order valence-corrected chi connectivity index (χ0v) is 13.3. The van der Waals surface area contributed by atoms with Gasteiger partial charge in [-0.3, -0.25) is 9.59 Å². The van der Waals surface area contributed by atoms with Crippen LogP contribution in [0.2, 0.25) is 0 Å². The average Bonchev–Trinajstić information content (AvgIpc) is 3.08. The molecule has 2 aromatic rings. The number of hydrogen-bond donors (Lipinski definition) is 0. The van der Waals surface area contributed by atoms with E-state index >= 15 is 0 Å². The lowest BCUT2D eigenvalue weighted by molar-refractivity contribution is -0.132. The van der Waals surface area contributed by atoms with Gasteiger partial charge in [-0.25, -0.2) is 4.68 Å². The summed E-state index contributed by atoms with van der Waals surface area (Å²) >= 11 is 0. The van der Waals surface area contributed by atoms with Crippen LogP contribution in [0.5, 0.6) is 0 Å². The summed E-state index contributed by atoms with van der Waals surface area (Å²) < 4.78 is 6.61. The monoisotopic (exact) mass is 315 g/mol. The maximum atomic E-state index is 12.5. The maximum absolute atomic E-state index is 12.5. The fourth-order valence-electron chi connectivity index (χ4n) is 2.91. The Labute approximate surface area is 134 Å². The van der Waals surface area contributed by atoms with E-state index in [-0.39, 0.29) is 18.0 Å². The summed E-state index contributed by atoms with van der Waals surface area (Å²) in [7, 11) is 0. The standard InChI is InChI=1S/C17H21N3O3/c1-2-19(10-13-7-8-23-12-13)16(21)11-20-17(22)15-6-4-3-5-14(15)9-18-20/h3-6,9,13H,2,7-8,10-12H2,1H3/t13-/m1/s1. The molecule has 23 heavy (non-hydrogen) atoms. The minimum atomic E-state index is -0.225. The van der Waals surface area contributed by atoms with Crippen LogP contribution < -0.4 is 5.56 Å². The van der Waals surface area contributed by atoms with E-state index in [1.54, 1.807) is 17.2 Å². The number of nitrogens with zero attached hydrogens (tertiary/aromatic N) is 3. The molecule has 6 heteroatoms. The highest BCUT2D eigenvalue weighted by atomic mass is 16.5. The van der Waals surface area contributed by atoms with E-state index in [4.69, 9.17) is 4.74 Å². The van der Waals surface area contributed by atoms with E-state index in [0.717, 1.165) is 18.4 Å². The van der Waals surface area contributed by atoms with Gasteiger partial charge in [-0.2, -0.15) is 5.10 Å². The Morgan fingerprint density at radius 2 is 2.26 bits per heavy atom. The smallest absolute Gasteiger partial charge is 0.275 e. The van der Waals surface area contributed by atoms with Crippen LogP contribution in [0.1, 0.15) is 13.3 Å². The predicted octanol–water partition coefficient (Wildman–Crippen LogP) is 1.28. The molecule has 0 N–H and O–H groups in total. The Balaban J connectivity index is 1.76. The molecule has 2 heterocycles. The lowest BCUT2D eigenvalue weighted by atomic mass is 10.1. The zero-order valence-electron chi connectivity index (χ0n) is 13.3. The summed E-state index contributed by atoms with van der Waals surface area (Å²) in [5.41, 5.74) is -0.225. The highest BCUT2D eigenvalue weighted by molar-refractivity contribution is 5.81. The van der Waals surface area contributed by atoms with Crippen molar-refractivity contribution in [2.45, 2.75) is 19.9 Å². The van der Waals surface area contributed by atoms with Gasteiger partial charge in [0.25, 0.3) is 5.56 Å². The molecule has 3 rings (SSSR count). The average molecular weight is 315 g/mol. The molecular weight excluding hydrogens is 294 g/mol. The largest absolute Gasteiger partial charge is 0.381 e. The van der Waals surface area contributed by atoms with Crippen LogP contribution in [0.25, 0.3) is 10.8 Å². The van der Waals surface area contributed by atoms with Crippen LogP contribution in [0.4, 0.5) is 0 Å². The normalized spacial score (nSPS) is 17.5. The molecule has 1 aromatic heterocycles. The molecule has 0 radical (unpaired) electrons. The van der Waals surface area contributed by atoms with Crippen molar-refractivity contribution in [2.24, 2.45) is 5.92 Å². The van der Waals surface area contributed by atoms with Crippen molar-refractivity contribution < 1.29 is 9.53 Å². The van der Waals surface area contributed by atoms with Crippen LogP contribution >= 0.6 is 0 Å². The molecule has 122 valence electrons. The topological polar surface area (TPSA) is 64.4 Å². The first-order valence-corrected chi connectivity index (χ1v) is 7.99. The molecule has 1 aliphatic heterocycles. The SMILES string of the molecule is CCN(C[C@H]1CCOC1)C(=O)Cn1ncc2ccccc2c1=O. The fourth-order valence-corrected chi connectivity index (χ4v) is 2.91. The molecule has 6 nitrogen and oxygen atoms in total. The lowest BCUT2D eigenvalue weighted by Crippen LogP contribution is -2.40. The molecule has 1 aromatic carbocycles. The van der Waals surface area contributed by atoms with Crippen molar-refractivity contribution in [3.8, 4) is 0 Å². The van der Waals surface area contributed by atoms with Gasteiger partial charge < -0.3 is 9.64 Å². The Kier molecular flexibility index (Phi) is 4.71. The first-order valence-electron chi connectivity index (χ1n) is 7.99. The molecule has 1 aliphatic rings. The molecule has 0 bridgehead atoms. The summed E-state index contributed by atoms with van der Waals surface area (Å²) in [6, 6.07) is 7.28. The van der Waals surface area contributed by atoms with Crippen molar-refractivity contribution in [1.82, 2.24) is 14.7 Å². The molecule has 1 atom stereocenters. The van der Waals surface area contributed by atoms with Gasteiger partial charge in [0.2, 0.25) is 5.91 Å². The summed E-state index contributed by atoms with van der Waals surface area (Å²) in [6.45, 7) is 4.70. The van der Waals surface area contributed by atoms with Crippen molar-refractivity contribution in [3.05, 3.63) is 40.8 Å². The van der Waals surface area contributed by atoms with Gasteiger partial charge in [-0.05, 0) is 19.4 Å². The molecular formula is C17H21N3O3. The third-order valence-corrected chi connectivity index (χ3v) is 4.28. The van der Waals surface area contributed by atoms with Gasteiger partial charge in [0, 0.05) is 31.0 Å². The number of rotatable bonds is 5. The van der Waals surface area contributed by atoms with Gasteiger partial charge in [-0.15, -0.1) is 0 Å². The molecule has 1 saturated heterocycles. The molecule has 0 aliphatic carbocycles. The van der Waals surface area contributed by atoms with Gasteiger partial charge in [0.1, 0.15) is 6.54 Å². The molecule has 1 fully saturated rings. The minimum Gasteiger partial charge on any atom is -0.381 e. The van der Waals surface area contributed by atoms with Crippen LogP contribution in [0, 0.1) is 5.92 Å². The van der Waals surface area contributed by atoms with E-state index in [1.807, 2.05) is 25.1 Å². The molecule has 0 unspecified atom stereocenters. The number of aromatic nitrogens is 2. The van der Waals surface area contributed by atoms with Crippen molar-refractivity contribution in [2.75, 3.05) is 26.3 Å². The van der Waals surface area contributed by atoms with Crippen molar-refractivity contribution in [1.29, 1.82) is 0 Å². The van der Waals surface area contributed by atoms with Crippen LogP contribution in [0.3, 0.4) is 0 Å². The van der Waals surface area contributed by atoms with E-state index in [1.165, 1.54) is 4.68 Å². The summed E-state index contributed by atoms with van der Waals surface area (Å²) in [6.07, 6.45) is 2.61.